The molecule has 0 saturated carbocycles. The van der Waals surface area contributed by atoms with E-state index < -0.39 is 52.5 Å². The van der Waals surface area contributed by atoms with Crippen molar-refractivity contribution in [1.29, 1.82) is 0 Å². The number of likely N-dealkylation sites (N-methyl/N-ethyl adjacent to an activating group) is 1. The van der Waals surface area contributed by atoms with Crippen LogP contribution in [0.1, 0.15) is 70.3 Å². The second-order valence-corrected chi connectivity index (χ2v) is 17.0. The molecular formula is C45H49Cl2F6N3O9. The number of aliphatic hydroxyl groups excluding tert-OH is 1. The van der Waals surface area contributed by atoms with Crippen LogP contribution in [0.25, 0.3) is 0 Å². The number of halogens is 8. The van der Waals surface area contributed by atoms with Gasteiger partial charge in [0.15, 0.2) is 0 Å². The first-order chi connectivity index (χ1) is 30.6. The maximum atomic E-state index is 13.8. The average Bonchev–Trinajstić information content (AvgIpc) is 3.56. The van der Waals surface area contributed by atoms with Crippen LogP contribution < -0.4 is 0 Å². The highest BCUT2D eigenvalue weighted by Crippen LogP contribution is 2.48. The van der Waals surface area contributed by atoms with Crippen molar-refractivity contribution < 1.29 is 70.3 Å². The Hall–Kier alpha value is -4.72. The van der Waals surface area contributed by atoms with Crippen LogP contribution >= 0.6 is 23.2 Å². The summed E-state index contributed by atoms with van der Waals surface area (Å²) in [6, 6.07) is 14.0. The SMILES string of the molecule is CN(CCCCO)C(=O)CO[C@H]1Cc2ccccc2C12CCN(CC[C@@]1(c3ccc(Cl)c(Cl)c3)CN(C(=O)c3cc(C(F)(F)F)cc(C(F)(F)F)c3)CCO1)CC2.O=C(O)/C=C/C(=O)O. The van der Waals surface area contributed by atoms with E-state index in [4.69, 9.17) is 48.0 Å². The zero-order valence-corrected chi connectivity index (χ0v) is 36.8. The molecule has 2 amide bonds. The zero-order chi connectivity index (χ0) is 47.7. The lowest BCUT2D eigenvalue weighted by Crippen LogP contribution is -2.54. The molecule has 1 aliphatic carbocycles. The van der Waals surface area contributed by atoms with Crippen molar-refractivity contribution in [1.82, 2.24) is 14.7 Å². The van der Waals surface area contributed by atoms with Crippen molar-refractivity contribution in [2.75, 3.05) is 66.1 Å². The molecule has 6 rings (SSSR count). The number of carbonyl (C=O) groups is 4. The highest BCUT2D eigenvalue weighted by molar-refractivity contribution is 6.42. The topological polar surface area (TPSA) is 157 Å². The minimum atomic E-state index is -5.11. The maximum Gasteiger partial charge on any atom is 0.416 e. The van der Waals surface area contributed by atoms with Gasteiger partial charge in [-0.3, -0.25) is 9.59 Å². The summed E-state index contributed by atoms with van der Waals surface area (Å²) < 4.78 is 95.1. The maximum absolute atomic E-state index is 13.8. The van der Waals surface area contributed by atoms with Crippen LogP contribution in [0.2, 0.25) is 10.0 Å². The lowest BCUT2D eigenvalue weighted by Gasteiger charge is -2.46. The van der Waals surface area contributed by atoms with E-state index in [9.17, 15) is 45.5 Å². The first kappa shape index (κ1) is 51.3. The van der Waals surface area contributed by atoms with E-state index in [1.165, 1.54) is 16.0 Å². The summed E-state index contributed by atoms with van der Waals surface area (Å²) in [5, 5.41) is 25.2. The van der Waals surface area contributed by atoms with Crippen molar-refractivity contribution in [2.45, 2.75) is 68.0 Å². The Morgan fingerprint density at radius 3 is 2.09 bits per heavy atom. The Kier molecular flexibility index (Phi) is 17.1. The molecule has 3 aromatic rings. The Balaban J connectivity index is 0.000000905. The second-order valence-electron chi connectivity index (χ2n) is 16.2. The first-order valence-electron chi connectivity index (χ1n) is 20.7. The molecule has 1 spiro atoms. The number of hydrogen-bond donors (Lipinski definition) is 3. The number of aliphatic carboxylic acids is 2. The summed E-state index contributed by atoms with van der Waals surface area (Å²) in [6.45, 7) is 2.07. The molecule has 2 fully saturated rings. The van der Waals surface area contributed by atoms with Gasteiger partial charge in [0.2, 0.25) is 5.91 Å². The molecular weight excluding hydrogens is 911 g/mol. The number of morpholine rings is 1. The summed E-state index contributed by atoms with van der Waals surface area (Å²) in [4.78, 5) is 51.0. The Bertz CT molecular complexity index is 2170. The van der Waals surface area contributed by atoms with E-state index in [0.717, 1.165) is 12.8 Å². The fraction of sp³-hybridized carbons (Fsp3) is 0.467. The molecule has 0 aromatic heterocycles. The molecule has 0 bridgehead atoms. The predicted octanol–water partition coefficient (Wildman–Crippen LogP) is 7.71. The van der Waals surface area contributed by atoms with Crippen LogP contribution in [-0.4, -0.2) is 126 Å². The Morgan fingerprint density at radius 2 is 1.51 bits per heavy atom. The van der Waals surface area contributed by atoms with Gasteiger partial charge in [0.25, 0.3) is 5.91 Å². The highest BCUT2D eigenvalue weighted by Gasteiger charge is 2.50. The number of rotatable bonds is 14. The predicted molar refractivity (Wildman–Crippen MR) is 227 cm³/mol. The molecule has 3 aromatic carbocycles. The number of likely N-dealkylation sites (tertiary alicyclic amines) is 1. The van der Waals surface area contributed by atoms with Crippen LogP contribution in [0.3, 0.4) is 0 Å². The van der Waals surface area contributed by atoms with E-state index in [-0.39, 0.29) is 66.4 Å². The molecule has 65 heavy (non-hydrogen) atoms. The number of carboxylic acids is 2. The fourth-order valence-corrected chi connectivity index (χ4v) is 8.85. The van der Waals surface area contributed by atoms with E-state index in [1.807, 2.05) is 12.1 Å². The van der Waals surface area contributed by atoms with Gasteiger partial charge in [-0.2, -0.15) is 26.3 Å². The quantitative estimate of drug-likeness (QED) is 0.0831. The normalized spacial score (nSPS) is 19.7. The number of fused-ring (bicyclic) bond motifs is 2. The van der Waals surface area contributed by atoms with Gasteiger partial charge in [-0.25, -0.2) is 9.59 Å². The molecule has 0 radical (unpaired) electrons. The number of hydrogen-bond acceptors (Lipinski definition) is 8. The van der Waals surface area contributed by atoms with Crippen molar-refractivity contribution in [3.05, 3.63) is 116 Å². The molecule has 354 valence electrons. The van der Waals surface area contributed by atoms with Crippen LogP contribution in [0.15, 0.2) is 72.8 Å². The minimum absolute atomic E-state index is 0.00191. The average molecular weight is 961 g/mol. The lowest BCUT2D eigenvalue weighted by molar-refractivity contribution is -0.143. The van der Waals surface area contributed by atoms with Gasteiger partial charge in [0, 0.05) is 56.4 Å². The first-order valence-corrected chi connectivity index (χ1v) is 21.4. The molecule has 2 saturated heterocycles. The van der Waals surface area contributed by atoms with Gasteiger partial charge in [0.1, 0.15) is 12.2 Å². The largest absolute Gasteiger partial charge is 0.478 e. The van der Waals surface area contributed by atoms with E-state index in [0.29, 0.717) is 81.7 Å². The van der Waals surface area contributed by atoms with Gasteiger partial charge < -0.3 is 39.5 Å². The molecule has 3 N–H and O–H groups in total. The summed E-state index contributed by atoms with van der Waals surface area (Å²) >= 11 is 12.7. The number of nitrogens with zero attached hydrogens (tertiary/aromatic N) is 3. The number of alkyl halides is 6. The molecule has 2 aliphatic heterocycles. The third-order valence-corrected chi connectivity index (χ3v) is 12.8. The standard InChI is InChI=1S/C41H45Cl2F6N3O5.C4H4O4/c1-50(13-4-5-18-53)36(54)25-56-35-22-27-6-2-3-7-32(27)38(35)10-14-51(15-11-38)16-12-39(29-8-9-33(42)34(43)24-29)26-52(17-19-57-39)37(55)28-20-30(40(44,45)46)23-31(21-28)41(47,48)49;5-3(6)1-2-4(7)8/h2-3,6-9,20-21,23-24,35,53H,4-5,10-19,22,25-26H2,1H3;1-2H,(H,5,6)(H,7,8)/b;2-1+/t35-,39-;/m0./s1. The summed E-state index contributed by atoms with van der Waals surface area (Å²) in [5.74, 6) is -3.63. The van der Waals surface area contributed by atoms with Crippen molar-refractivity contribution in [2.24, 2.45) is 0 Å². The minimum Gasteiger partial charge on any atom is -0.478 e. The van der Waals surface area contributed by atoms with Gasteiger partial charge in [0.05, 0.1) is 40.4 Å². The Morgan fingerprint density at radius 1 is 0.877 bits per heavy atom. The number of ether oxygens (including phenoxy) is 2. The molecule has 0 unspecified atom stereocenters. The third kappa shape index (κ3) is 13.0. The van der Waals surface area contributed by atoms with Crippen molar-refractivity contribution >= 4 is 47.0 Å². The number of aliphatic hydroxyl groups is 1. The monoisotopic (exact) mass is 959 g/mol. The highest BCUT2D eigenvalue weighted by atomic mass is 35.5. The van der Waals surface area contributed by atoms with Crippen molar-refractivity contribution in [3.8, 4) is 0 Å². The number of carboxylic acid groups (broad SMARTS) is 2. The number of amides is 2. The number of unbranched alkanes of at least 4 members (excludes halogenated alkanes) is 1. The van der Waals surface area contributed by atoms with Crippen LogP contribution in [0.5, 0.6) is 0 Å². The van der Waals surface area contributed by atoms with Gasteiger partial charge in [-0.15, -0.1) is 0 Å². The van der Waals surface area contributed by atoms with Gasteiger partial charge in [-0.1, -0.05) is 53.5 Å². The van der Waals surface area contributed by atoms with Gasteiger partial charge in [-0.05, 0) is 98.6 Å². The molecule has 3 aliphatic rings. The van der Waals surface area contributed by atoms with Gasteiger partial charge >= 0.3 is 24.3 Å². The van der Waals surface area contributed by atoms with E-state index in [2.05, 4.69) is 17.0 Å². The molecule has 12 nitrogen and oxygen atoms in total. The zero-order valence-electron chi connectivity index (χ0n) is 35.3. The number of carbonyl (C=O) groups excluding carboxylic acids is 2. The molecule has 20 heteroatoms. The smallest absolute Gasteiger partial charge is 0.416 e. The number of benzene rings is 3. The van der Waals surface area contributed by atoms with Crippen molar-refractivity contribution in [3.63, 3.8) is 0 Å². The van der Waals surface area contributed by atoms with E-state index in [1.54, 1.807) is 30.1 Å². The number of piperidine rings is 1. The van der Waals surface area contributed by atoms with Crippen LogP contribution in [-0.2, 0) is 53.6 Å². The second kappa shape index (κ2) is 21.7. The fourth-order valence-electron chi connectivity index (χ4n) is 8.56. The molecule has 2 atom stereocenters. The third-order valence-electron chi connectivity index (χ3n) is 12.0. The summed E-state index contributed by atoms with van der Waals surface area (Å²) in [6.07, 6.45) is -5.57. The summed E-state index contributed by atoms with van der Waals surface area (Å²) in [5.41, 5.74) is -2.47. The lowest BCUT2D eigenvalue weighted by atomic mass is 9.72. The van der Waals surface area contributed by atoms with E-state index >= 15 is 0 Å². The molecule has 2 heterocycles. The van der Waals surface area contributed by atoms with Crippen LogP contribution in [0, 0.1) is 0 Å². The summed E-state index contributed by atoms with van der Waals surface area (Å²) in [7, 11) is 1.73. The van der Waals surface area contributed by atoms with Crippen LogP contribution in [0.4, 0.5) is 26.3 Å². The Labute approximate surface area is 381 Å².